The largest absolute Gasteiger partial charge is 0.309 e. The lowest BCUT2D eigenvalue weighted by Crippen LogP contribution is -2.33. The zero-order chi connectivity index (χ0) is 42.9. The van der Waals surface area contributed by atoms with Gasteiger partial charge in [-0.05, 0) is 93.1 Å². The van der Waals surface area contributed by atoms with Gasteiger partial charge in [0.25, 0.3) is 0 Å². The molecular weight excluding hydrogens is 777 g/mol. The molecular formula is C60H46N4. The van der Waals surface area contributed by atoms with E-state index < -0.39 is 0 Å². The van der Waals surface area contributed by atoms with E-state index in [4.69, 9.17) is 9.97 Å². The van der Waals surface area contributed by atoms with Crippen LogP contribution in [-0.2, 0) is 10.8 Å². The highest BCUT2D eigenvalue weighted by atomic mass is 15.2. The van der Waals surface area contributed by atoms with Crippen LogP contribution in [0.15, 0.2) is 182 Å². The molecule has 4 heteroatoms. The second-order valence-corrected chi connectivity index (χ2v) is 19.2. The van der Waals surface area contributed by atoms with Crippen molar-refractivity contribution in [3.8, 4) is 34.0 Å². The van der Waals surface area contributed by atoms with Crippen molar-refractivity contribution >= 4 is 76.1 Å². The third kappa shape index (κ3) is 5.35. The average Bonchev–Trinajstić information content (AvgIpc) is 3.86. The summed E-state index contributed by atoms with van der Waals surface area (Å²) in [5.74, 6) is 0.656. The third-order valence-corrected chi connectivity index (χ3v) is 14.6. The maximum absolute atomic E-state index is 5.66. The summed E-state index contributed by atoms with van der Waals surface area (Å²) < 4.78 is 4.90. The minimum atomic E-state index is 0.0679. The van der Waals surface area contributed by atoms with Crippen LogP contribution < -0.4 is 0 Å². The van der Waals surface area contributed by atoms with Gasteiger partial charge >= 0.3 is 0 Å². The Morgan fingerprint density at radius 3 is 1.72 bits per heavy atom. The van der Waals surface area contributed by atoms with Crippen molar-refractivity contribution in [1.29, 1.82) is 0 Å². The summed E-state index contributed by atoms with van der Waals surface area (Å²) in [5.41, 5.74) is 14.1. The first-order chi connectivity index (χ1) is 31.2. The van der Waals surface area contributed by atoms with Crippen LogP contribution in [0.5, 0.6) is 0 Å². The maximum atomic E-state index is 5.66. The first-order valence-corrected chi connectivity index (χ1v) is 22.6. The molecule has 12 aromatic rings. The molecule has 3 aromatic heterocycles. The fourth-order valence-corrected chi connectivity index (χ4v) is 11.1. The molecule has 0 radical (unpaired) electrons. The van der Waals surface area contributed by atoms with E-state index >= 15 is 0 Å². The second-order valence-electron chi connectivity index (χ2n) is 19.2. The molecule has 0 saturated heterocycles. The normalized spacial score (nSPS) is 14.7. The molecule has 1 aliphatic rings. The Morgan fingerprint density at radius 1 is 0.406 bits per heavy atom. The summed E-state index contributed by atoms with van der Waals surface area (Å²) in [6.45, 7) is 9.72. The van der Waals surface area contributed by atoms with Gasteiger partial charge in [-0.15, -0.1) is 0 Å². The number of hydrogen-bond acceptors (Lipinski definition) is 2. The molecule has 13 rings (SSSR count). The lowest BCUT2D eigenvalue weighted by Gasteiger charge is -2.42. The van der Waals surface area contributed by atoms with E-state index in [1.807, 2.05) is 0 Å². The predicted octanol–water partition coefficient (Wildman–Crippen LogP) is 15.8. The molecule has 0 saturated carbocycles. The lowest BCUT2D eigenvalue weighted by molar-refractivity contribution is 0.332. The zero-order valence-electron chi connectivity index (χ0n) is 36.5. The van der Waals surface area contributed by atoms with Gasteiger partial charge in [0.15, 0.2) is 0 Å². The molecule has 0 N–H and O–H groups in total. The molecule has 1 aliphatic carbocycles. The molecule has 3 heterocycles. The van der Waals surface area contributed by atoms with Crippen LogP contribution in [0, 0.1) is 0 Å². The Morgan fingerprint density at radius 2 is 0.984 bits per heavy atom. The highest BCUT2D eigenvalue weighted by molar-refractivity contribution is 6.29. The van der Waals surface area contributed by atoms with Crippen molar-refractivity contribution < 1.29 is 0 Å². The molecule has 0 aliphatic heterocycles. The highest BCUT2D eigenvalue weighted by Gasteiger charge is 2.38. The fraction of sp³-hybridized carbons (Fsp3) is 0.133. The highest BCUT2D eigenvalue weighted by Crippen LogP contribution is 2.50. The number of hydrogen-bond donors (Lipinski definition) is 0. The number of benzene rings is 9. The van der Waals surface area contributed by atoms with Crippen LogP contribution >= 0.6 is 0 Å². The standard InChI is InChI=1S/C60H46N4/c1-59(2)33-34-60(3,4)50-36-52-48(35-49(50)59)45-31-32-51-53(57(45)63(52)42-19-9-6-10-20-42)46-29-27-40-18-12-14-22-44(40)56(46)64(51)58-61-54(41-25-23-38(24-26-41)37-15-7-5-8-16-37)47-30-28-39-17-11-13-21-43(39)55(47)62-58/h5-32,35-36H,33-34H2,1-4H3. The molecule has 0 unspecified atom stereocenters. The van der Waals surface area contributed by atoms with Crippen LogP contribution in [-0.4, -0.2) is 19.1 Å². The van der Waals surface area contributed by atoms with Gasteiger partial charge in [-0.1, -0.05) is 173 Å². The Balaban J connectivity index is 1.19. The number of fused-ring (bicyclic) bond motifs is 13. The predicted molar refractivity (Wildman–Crippen MR) is 269 cm³/mol. The Bertz CT molecular complexity index is 3870. The summed E-state index contributed by atoms with van der Waals surface area (Å²) >= 11 is 0. The summed E-state index contributed by atoms with van der Waals surface area (Å²) in [6, 6.07) is 66.6. The number of para-hydroxylation sites is 1. The van der Waals surface area contributed by atoms with E-state index in [1.165, 1.54) is 72.0 Å². The number of rotatable bonds is 4. The van der Waals surface area contributed by atoms with Crippen LogP contribution in [0.2, 0.25) is 0 Å². The van der Waals surface area contributed by atoms with E-state index in [0.717, 1.165) is 56.1 Å². The first-order valence-electron chi connectivity index (χ1n) is 22.6. The summed E-state index contributed by atoms with van der Waals surface area (Å²) in [7, 11) is 0. The van der Waals surface area contributed by atoms with Crippen LogP contribution in [0.3, 0.4) is 0 Å². The molecule has 0 spiro atoms. The topological polar surface area (TPSA) is 35.6 Å². The molecule has 4 nitrogen and oxygen atoms in total. The van der Waals surface area contributed by atoms with E-state index in [2.05, 4.69) is 219 Å². The summed E-state index contributed by atoms with van der Waals surface area (Å²) in [6.07, 6.45) is 2.33. The van der Waals surface area contributed by atoms with Crippen molar-refractivity contribution in [3.05, 3.63) is 193 Å². The number of nitrogens with zero attached hydrogens (tertiary/aromatic N) is 4. The number of aromatic nitrogens is 4. The van der Waals surface area contributed by atoms with E-state index in [0.29, 0.717) is 5.95 Å². The second kappa shape index (κ2) is 13.5. The van der Waals surface area contributed by atoms with Gasteiger partial charge in [-0.3, -0.25) is 4.57 Å². The molecule has 0 amide bonds. The molecule has 9 aromatic carbocycles. The first kappa shape index (κ1) is 37.0. The van der Waals surface area contributed by atoms with Crippen molar-refractivity contribution in [1.82, 2.24) is 19.1 Å². The van der Waals surface area contributed by atoms with Gasteiger partial charge in [0, 0.05) is 49.0 Å². The van der Waals surface area contributed by atoms with Gasteiger partial charge < -0.3 is 4.57 Å². The maximum Gasteiger partial charge on any atom is 0.235 e. The van der Waals surface area contributed by atoms with Crippen molar-refractivity contribution in [2.75, 3.05) is 0 Å². The van der Waals surface area contributed by atoms with E-state index in [-0.39, 0.29) is 10.8 Å². The minimum Gasteiger partial charge on any atom is -0.309 e. The van der Waals surface area contributed by atoms with Crippen LogP contribution in [0.25, 0.3) is 110 Å². The molecule has 0 fully saturated rings. The van der Waals surface area contributed by atoms with Gasteiger partial charge in [0.05, 0.1) is 33.3 Å². The van der Waals surface area contributed by atoms with Gasteiger partial charge in [-0.2, -0.15) is 0 Å². The Kier molecular flexibility index (Phi) is 7.80. The van der Waals surface area contributed by atoms with Crippen LogP contribution in [0.4, 0.5) is 0 Å². The molecule has 0 atom stereocenters. The SMILES string of the molecule is CC1(C)CCC(C)(C)c2cc3c(cc21)c1ccc2c(c4ccc5ccccc5c4n2-c2nc(-c4ccc(-c5ccccc5)cc4)c4ccc5ccccc5c4n2)c1n3-c1ccccc1. The molecule has 0 bridgehead atoms. The smallest absolute Gasteiger partial charge is 0.235 e. The fourth-order valence-electron chi connectivity index (χ4n) is 11.1. The third-order valence-electron chi connectivity index (χ3n) is 14.6. The molecule has 64 heavy (non-hydrogen) atoms. The van der Waals surface area contributed by atoms with Crippen molar-refractivity contribution in [2.24, 2.45) is 0 Å². The van der Waals surface area contributed by atoms with Gasteiger partial charge in [0.1, 0.15) is 0 Å². The molecule has 306 valence electrons. The quantitative estimate of drug-likeness (QED) is 0.166. The summed E-state index contributed by atoms with van der Waals surface area (Å²) in [5, 5.41) is 10.6. The Labute approximate surface area is 372 Å². The van der Waals surface area contributed by atoms with E-state index in [1.54, 1.807) is 0 Å². The van der Waals surface area contributed by atoms with Crippen molar-refractivity contribution in [3.63, 3.8) is 0 Å². The minimum absolute atomic E-state index is 0.0679. The van der Waals surface area contributed by atoms with Crippen LogP contribution in [0.1, 0.15) is 51.7 Å². The zero-order valence-corrected chi connectivity index (χ0v) is 36.5. The summed E-state index contributed by atoms with van der Waals surface area (Å²) in [4.78, 5) is 11.3. The average molecular weight is 823 g/mol. The van der Waals surface area contributed by atoms with E-state index in [9.17, 15) is 0 Å². The van der Waals surface area contributed by atoms with Crippen molar-refractivity contribution in [2.45, 2.75) is 51.4 Å². The van der Waals surface area contributed by atoms with Gasteiger partial charge in [-0.25, -0.2) is 9.97 Å². The van der Waals surface area contributed by atoms with Gasteiger partial charge in [0.2, 0.25) is 5.95 Å². The Hall–Kier alpha value is -7.56. The lowest BCUT2D eigenvalue weighted by atomic mass is 9.63. The monoisotopic (exact) mass is 822 g/mol.